The van der Waals surface area contributed by atoms with Gasteiger partial charge in [-0.1, -0.05) is 92.0 Å². The lowest BCUT2D eigenvalue weighted by molar-refractivity contribution is 0.360. The maximum absolute atomic E-state index is 5.01. The predicted molar refractivity (Wildman–Crippen MR) is 161 cm³/mol. The molecule has 8 rings (SSSR count). The average Bonchev–Trinajstić information content (AvgIpc) is 3.26. The van der Waals surface area contributed by atoms with Crippen LogP contribution < -0.4 is 15.3 Å². The quantitative estimate of drug-likeness (QED) is 0.279. The van der Waals surface area contributed by atoms with Crippen molar-refractivity contribution in [3.8, 4) is 11.1 Å². The number of benzene rings is 4. The zero-order valence-electron chi connectivity index (χ0n) is 22.2. The SMILES string of the molecule is C[Si]1(C)c2ccccc2C2(c3ccccc3-c3ccc(N4CCCN5CCCN=C54)cc32)c2ccccc21. The first-order chi connectivity index (χ1) is 18.6. The zero-order valence-corrected chi connectivity index (χ0v) is 23.2. The summed E-state index contributed by atoms with van der Waals surface area (Å²) < 4.78 is 0. The summed E-state index contributed by atoms with van der Waals surface area (Å²) >= 11 is 0. The van der Waals surface area contributed by atoms with Crippen molar-refractivity contribution in [1.82, 2.24) is 4.90 Å². The van der Waals surface area contributed by atoms with Crippen molar-refractivity contribution >= 4 is 30.1 Å². The Morgan fingerprint density at radius 1 is 0.658 bits per heavy atom. The Hall–Kier alpha value is -3.63. The predicted octanol–water partition coefficient (Wildman–Crippen LogP) is 5.46. The van der Waals surface area contributed by atoms with Crippen molar-refractivity contribution in [3.63, 3.8) is 0 Å². The van der Waals surface area contributed by atoms with Crippen molar-refractivity contribution in [2.75, 3.05) is 31.1 Å². The molecule has 3 aliphatic heterocycles. The first-order valence-electron chi connectivity index (χ1n) is 14.1. The summed E-state index contributed by atoms with van der Waals surface area (Å²) in [6.45, 7) is 9.26. The standard InChI is InChI=1S/C34H33N3Si/c1-38(2)31-15-7-5-13-28(31)34(29-14-6-8-16-32(29)38)27-12-4-3-11-25(27)26-18-17-24(23-30(26)34)37-22-10-21-36-20-9-19-35-33(36)37/h3-8,11-18,23H,9-10,19-22H2,1-2H3. The van der Waals surface area contributed by atoms with Crippen molar-refractivity contribution in [2.24, 2.45) is 4.99 Å². The maximum atomic E-state index is 5.01. The third kappa shape index (κ3) is 2.76. The molecule has 0 amide bonds. The summed E-state index contributed by atoms with van der Waals surface area (Å²) in [5.74, 6) is 1.17. The molecule has 188 valence electrons. The summed E-state index contributed by atoms with van der Waals surface area (Å²) in [4.78, 5) is 9.99. The van der Waals surface area contributed by atoms with E-state index in [-0.39, 0.29) is 5.41 Å². The van der Waals surface area contributed by atoms with E-state index in [4.69, 9.17) is 4.99 Å². The summed E-state index contributed by atoms with van der Waals surface area (Å²) in [7, 11) is -1.87. The van der Waals surface area contributed by atoms with Crippen molar-refractivity contribution < 1.29 is 0 Å². The Bertz CT molecular complexity index is 1590. The van der Waals surface area contributed by atoms with Gasteiger partial charge in [0.15, 0.2) is 0 Å². The van der Waals surface area contributed by atoms with Gasteiger partial charge in [-0.15, -0.1) is 0 Å². The third-order valence-electron chi connectivity index (χ3n) is 9.52. The van der Waals surface area contributed by atoms with E-state index in [1.807, 2.05) is 0 Å². The Kier molecular flexibility index (Phi) is 4.67. The second-order valence-corrected chi connectivity index (χ2v) is 16.1. The number of anilines is 1. The molecule has 0 aromatic heterocycles. The van der Waals surface area contributed by atoms with E-state index in [9.17, 15) is 0 Å². The summed E-state index contributed by atoms with van der Waals surface area (Å²) in [6, 6.07) is 35.1. The van der Waals surface area contributed by atoms with Gasteiger partial charge in [-0.3, -0.25) is 4.99 Å². The number of aliphatic imine (C=N–C) groups is 1. The molecule has 3 nitrogen and oxygen atoms in total. The van der Waals surface area contributed by atoms with Gasteiger partial charge in [0, 0.05) is 31.9 Å². The summed E-state index contributed by atoms with van der Waals surface area (Å²) in [5.41, 5.74) is 9.52. The van der Waals surface area contributed by atoms with Gasteiger partial charge >= 0.3 is 0 Å². The second-order valence-electron chi connectivity index (χ2n) is 11.8. The molecule has 3 heterocycles. The van der Waals surface area contributed by atoms with Crippen LogP contribution in [0, 0.1) is 0 Å². The van der Waals surface area contributed by atoms with Gasteiger partial charge in [0.2, 0.25) is 5.96 Å². The maximum Gasteiger partial charge on any atom is 0.201 e. The number of hydrogen-bond acceptors (Lipinski definition) is 3. The highest BCUT2D eigenvalue weighted by atomic mass is 28.3. The molecule has 1 fully saturated rings. The highest BCUT2D eigenvalue weighted by Crippen LogP contribution is 2.57. The van der Waals surface area contributed by atoms with Gasteiger partial charge in [0.05, 0.1) is 5.41 Å². The number of guanidine groups is 1. The Morgan fingerprint density at radius 2 is 1.29 bits per heavy atom. The van der Waals surface area contributed by atoms with E-state index in [0.717, 1.165) is 32.6 Å². The van der Waals surface area contributed by atoms with Crippen LogP contribution in [0.25, 0.3) is 11.1 Å². The highest BCUT2D eigenvalue weighted by Gasteiger charge is 2.53. The molecular formula is C34H33N3Si. The van der Waals surface area contributed by atoms with Crippen LogP contribution in [-0.4, -0.2) is 45.1 Å². The van der Waals surface area contributed by atoms with Gasteiger partial charge < -0.3 is 9.80 Å². The number of nitrogens with zero attached hydrogens (tertiary/aromatic N) is 3. The van der Waals surface area contributed by atoms with Gasteiger partial charge in [0.1, 0.15) is 8.07 Å². The van der Waals surface area contributed by atoms with E-state index >= 15 is 0 Å². The van der Waals surface area contributed by atoms with Crippen LogP contribution in [0.2, 0.25) is 13.1 Å². The Labute approximate surface area is 226 Å². The van der Waals surface area contributed by atoms with E-state index in [1.165, 1.54) is 51.4 Å². The molecular weight excluding hydrogens is 478 g/mol. The highest BCUT2D eigenvalue weighted by molar-refractivity contribution is 7.01. The van der Waals surface area contributed by atoms with E-state index in [2.05, 4.69) is 114 Å². The van der Waals surface area contributed by atoms with Gasteiger partial charge in [-0.25, -0.2) is 0 Å². The monoisotopic (exact) mass is 511 g/mol. The number of rotatable bonds is 1. The van der Waals surface area contributed by atoms with Crippen LogP contribution in [0.1, 0.15) is 35.1 Å². The van der Waals surface area contributed by atoms with Crippen LogP contribution in [0.3, 0.4) is 0 Å². The van der Waals surface area contributed by atoms with Crippen molar-refractivity contribution in [3.05, 3.63) is 113 Å². The minimum absolute atomic E-state index is 0.304. The van der Waals surface area contributed by atoms with Crippen LogP contribution >= 0.6 is 0 Å². The molecule has 0 N–H and O–H groups in total. The molecule has 4 aromatic carbocycles. The Balaban J connectivity index is 1.45. The molecule has 0 radical (unpaired) electrons. The number of hydrogen-bond donors (Lipinski definition) is 0. The minimum Gasteiger partial charge on any atom is -0.342 e. The van der Waals surface area contributed by atoms with E-state index < -0.39 is 8.07 Å². The van der Waals surface area contributed by atoms with Crippen LogP contribution in [0.5, 0.6) is 0 Å². The Morgan fingerprint density at radius 3 is 2.05 bits per heavy atom. The normalized spacial score (nSPS) is 19.7. The van der Waals surface area contributed by atoms with Gasteiger partial charge in [-0.2, -0.15) is 0 Å². The smallest absolute Gasteiger partial charge is 0.201 e. The minimum atomic E-state index is -1.87. The lowest BCUT2D eigenvalue weighted by Gasteiger charge is -2.46. The molecule has 0 saturated carbocycles. The molecule has 0 atom stereocenters. The lowest BCUT2D eigenvalue weighted by Crippen LogP contribution is -2.63. The molecule has 1 aliphatic carbocycles. The largest absolute Gasteiger partial charge is 0.342 e. The fraction of sp³-hybridized carbons (Fsp3) is 0.265. The molecule has 0 unspecified atom stereocenters. The van der Waals surface area contributed by atoms with Crippen molar-refractivity contribution in [2.45, 2.75) is 31.4 Å². The van der Waals surface area contributed by atoms with Gasteiger partial charge in [-0.05, 0) is 68.7 Å². The average molecular weight is 512 g/mol. The first kappa shape index (κ1) is 22.4. The molecule has 1 saturated heterocycles. The fourth-order valence-corrected chi connectivity index (χ4v) is 11.1. The summed E-state index contributed by atoms with van der Waals surface area (Å²) in [5, 5.41) is 3.13. The van der Waals surface area contributed by atoms with Gasteiger partial charge in [0.25, 0.3) is 0 Å². The van der Waals surface area contributed by atoms with Crippen LogP contribution in [0.15, 0.2) is 96.0 Å². The van der Waals surface area contributed by atoms with E-state index in [0.29, 0.717) is 0 Å². The first-order valence-corrected chi connectivity index (χ1v) is 17.1. The number of fused-ring (bicyclic) bond motifs is 10. The third-order valence-corrected chi connectivity index (χ3v) is 13.1. The molecule has 4 aliphatic rings. The van der Waals surface area contributed by atoms with E-state index in [1.54, 1.807) is 10.4 Å². The van der Waals surface area contributed by atoms with Crippen LogP contribution in [-0.2, 0) is 5.41 Å². The zero-order chi connectivity index (χ0) is 25.5. The fourth-order valence-electron chi connectivity index (χ4n) is 7.89. The molecule has 4 heteroatoms. The van der Waals surface area contributed by atoms with Crippen LogP contribution in [0.4, 0.5) is 5.69 Å². The molecule has 1 spiro atoms. The second kappa shape index (κ2) is 7.94. The molecule has 4 aromatic rings. The molecule has 0 bridgehead atoms. The summed E-state index contributed by atoms with van der Waals surface area (Å²) in [6.07, 6.45) is 2.33. The van der Waals surface area contributed by atoms with Crippen molar-refractivity contribution in [1.29, 1.82) is 0 Å². The topological polar surface area (TPSA) is 18.8 Å². The lowest BCUT2D eigenvalue weighted by atomic mass is 9.67. The molecule has 38 heavy (non-hydrogen) atoms.